The summed E-state index contributed by atoms with van der Waals surface area (Å²) in [5.41, 5.74) is 9.85. The molecule has 29 heavy (non-hydrogen) atoms. The Morgan fingerprint density at radius 3 is 2.79 bits per heavy atom. The first kappa shape index (κ1) is 19.5. The Morgan fingerprint density at radius 2 is 2.07 bits per heavy atom. The summed E-state index contributed by atoms with van der Waals surface area (Å²) >= 11 is 6.11. The number of rotatable bonds is 5. The highest BCUT2D eigenvalue weighted by Gasteiger charge is 2.45. The van der Waals surface area contributed by atoms with Crippen molar-refractivity contribution < 1.29 is 20.1 Å². The SMILES string of the molecule is Nc1ncnc2c1nc(N/N=C\c1ccccc1Cl)n2[C@H]1O[C@@H](CO)[C@@H](O)[C@@H]1O. The average Bonchev–Trinajstić information content (AvgIpc) is 3.22. The maximum atomic E-state index is 10.4. The summed E-state index contributed by atoms with van der Waals surface area (Å²) in [6, 6.07) is 7.13. The van der Waals surface area contributed by atoms with E-state index < -0.39 is 31.1 Å². The Bertz CT molecular complexity index is 1060. The number of aliphatic hydroxyl groups is 3. The van der Waals surface area contributed by atoms with E-state index in [0.29, 0.717) is 10.6 Å². The van der Waals surface area contributed by atoms with Gasteiger partial charge in [-0.05, 0) is 6.07 Å². The zero-order chi connectivity index (χ0) is 20.5. The summed E-state index contributed by atoms with van der Waals surface area (Å²) in [6.45, 7) is -0.466. The van der Waals surface area contributed by atoms with E-state index in [0.717, 1.165) is 0 Å². The summed E-state index contributed by atoms with van der Waals surface area (Å²) in [7, 11) is 0. The molecular weight excluding hydrogens is 402 g/mol. The van der Waals surface area contributed by atoms with Gasteiger partial charge in [-0.2, -0.15) is 5.10 Å². The fourth-order valence-electron chi connectivity index (χ4n) is 3.08. The van der Waals surface area contributed by atoms with Crippen LogP contribution in [0, 0.1) is 0 Å². The fraction of sp³-hybridized carbons (Fsp3) is 0.294. The molecule has 1 fully saturated rings. The van der Waals surface area contributed by atoms with Crippen molar-refractivity contribution in [2.75, 3.05) is 17.8 Å². The van der Waals surface area contributed by atoms with Crippen LogP contribution in [0.15, 0.2) is 35.7 Å². The largest absolute Gasteiger partial charge is 0.394 e. The molecule has 12 heteroatoms. The Hall–Kier alpha value is -2.83. The third kappa shape index (κ3) is 3.50. The molecule has 0 spiro atoms. The van der Waals surface area contributed by atoms with Gasteiger partial charge in [-0.15, -0.1) is 0 Å². The van der Waals surface area contributed by atoms with Gasteiger partial charge in [0.2, 0.25) is 5.95 Å². The molecule has 1 aliphatic rings. The number of hydrogen-bond donors (Lipinski definition) is 5. The minimum atomic E-state index is -1.34. The van der Waals surface area contributed by atoms with E-state index in [9.17, 15) is 15.3 Å². The van der Waals surface area contributed by atoms with Crippen LogP contribution >= 0.6 is 11.6 Å². The second-order valence-electron chi connectivity index (χ2n) is 6.36. The minimum Gasteiger partial charge on any atom is -0.394 e. The second-order valence-corrected chi connectivity index (χ2v) is 6.76. The van der Waals surface area contributed by atoms with Gasteiger partial charge in [0.25, 0.3) is 0 Å². The van der Waals surface area contributed by atoms with Gasteiger partial charge < -0.3 is 25.8 Å². The number of hydrogen-bond acceptors (Lipinski definition) is 10. The van der Waals surface area contributed by atoms with E-state index >= 15 is 0 Å². The number of nitrogens with one attached hydrogen (secondary N) is 1. The number of nitrogens with zero attached hydrogens (tertiary/aromatic N) is 5. The quantitative estimate of drug-likeness (QED) is 0.285. The number of aromatic nitrogens is 4. The van der Waals surface area contributed by atoms with Crippen molar-refractivity contribution in [1.82, 2.24) is 19.5 Å². The number of imidazole rings is 1. The van der Waals surface area contributed by atoms with Crippen molar-refractivity contribution >= 4 is 40.7 Å². The second kappa shape index (κ2) is 7.89. The van der Waals surface area contributed by atoms with E-state index in [1.807, 2.05) is 6.07 Å². The van der Waals surface area contributed by atoms with Crippen LogP contribution in [0.2, 0.25) is 5.02 Å². The molecule has 1 saturated heterocycles. The Labute approximate surface area is 169 Å². The van der Waals surface area contributed by atoms with E-state index in [2.05, 4.69) is 25.5 Å². The first-order valence-electron chi connectivity index (χ1n) is 8.65. The molecule has 1 aromatic carbocycles. The summed E-state index contributed by atoms with van der Waals surface area (Å²) in [5.74, 6) is 0.268. The summed E-state index contributed by atoms with van der Waals surface area (Å²) in [5, 5.41) is 34.6. The fourth-order valence-corrected chi connectivity index (χ4v) is 3.26. The van der Waals surface area contributed by atoms with Crippen molar-refractivity contribution in [3.05, 3.63) is 41.2 Å². The maximum Gasteiger partial charge on any atom is 0.228 e. The van der Waals surface area contributed by atoms with Gasteiger partial charge in [0.05, 0.1) is 12.8 Å². The molecule has 0 aliphatic carbocycles. The van der Waals surface area contributed by atoms with Crippen molar-refractivity contribution in [3.63, 3.8) is 0 Å². The van der Waals surface area contributed by atoms with Crippen LogP contribution in [0.1, 0.15) is 11.8 Å². The number of nitrogen functional groups attached to an aromatic ring is 1. The first-order chi connectivity index (χ1) is 14.0. The highest BCUT2D eigenvalue weighted by Crippen LogP contribution is 2.35. The number of nitrogens with two attached hydrogens (primary N) is 1. The topological polar surface area (TPSA) is 164 Å². The molecule has 0 saturated carbocycles. The average molecular weight is 420 g/mol. The molecular formula is C17H18ClN7O4. The molecule has 11 nitrogen and oxygen atoms in total. The normalized spacial score (nSPS) is 24.6. The van der Waals surface area contributed by atoms with Crippen LogP contribution < -0.4 is 11.2 Å². The first-order valence-corrected chi connectivity index (χ1v) is 9.03. The third-order valence-corrected chi connectivity index (χ3v) is 4.89. The predicted octanol–water partition coefficient (Wildman–Crippen LogP) is 0.119. The summed E-state index contributed by atoms with van der Waals surface area (Å²) < 4.78 is 7.01. The van der Waals surface area contributed by atoms with Crippen LogP contribution in [0.5, 0.6) is 0 Å². The van der Waals surface area contributed by atoms with Gasteiger partial charge >= 0.3 is 0 Å². The molecule has 3 aromatic rings. The van der Waals surface area contributed by atoms with Crippen molar-refractivity contribution in [2.24, 2.45) is 5.10 Å². The van der Waals surface area contributed by atoms with Gasteiger partial charge in [-0.25, -0.2) is 20.4 Å². The lowest BCUT2D eigenvalue weighted by Crippen LogP contribution is -2.33. The zero-order valence-electron chi connectivity index (χ0n) is 14.9. The number of ether oxygens (including phenoxy) is 1. The van der Waals surface area contributed by atoms with E-state index in [4.69, 9.17) is 22.1 Å². The van der Waals surface area contributed by atoms with Crippen molar-refractivity contribution in [3.8, 4) is 0 Å². The number of fused-ring (bicyclic) bond motifs is 1. The van der Waals surface area contributed by atoms with Gasteiger partial charge in [-0.1, -0.05) is 29.8 Å². The lowest BCUT2D eigenvalue weighted by molar-refractivity contribution is -0.0501. The molecule has 2 aromatic heterocycles. The highest BCUT2D eigenvalue weighted by atomic mass is 35.5. The summed E-state index contributed by atoms with van der Waals surface area (Å²) in [6.07, 6.45) is -1.94. The van der Waals surface area contributed by atoms with Crippen LogP contribution in [-0.4, -0.2) is 66.0 Å². The van der Waals surface area contributed by atoms with Gasteiger partial charge in [0, 0.05) is 10.6 Å². The molecule has 6 N–H and O–H groups in total. The van der Waals surface area contributed by atoms with Crippen LogP contribution in [0.3, 0.4) is 0 Å². The van der Waals surface area contributed by atoms with Gasteiger partial charge in [0.1, 0.15) is 24.6 Å². The van der Waals surface area contributed by atoms with E-state index in [1.54, 1.807) is 18.2 Å². The molecule has 4 atom stereocenters. The zero-order valence-corrected chi connectivity index (χ0v) is 15.7. The smallest absolute Gasteiger partial charge is 0.228 e. The number of halogens is 1. The monoisotopic (exact) mass is 419 g/mol. The molecule has 0 amide bonds. The molecule has 152 valence electrons. The number of benzene rings is 1. The molecule has 0 radical (unpaired) electrons. The molecule has 0 bridgehead atoms. The predicted molar refractivity (Wildman–Crippen MR) is 105 cm³/mol. The van der Waals surface area contributed by atoms with E-state index in [1.165, 1.54) is 17.1 Å². The third-order valence-electron chi connectivity index (χ3n) is 4.55. The van der Waals surface area contributed by atoms with Gasteiger partial charge in [-0.3, -0.25) is 4.57 Å². The lowest BCUT2D eigenvalue weighted by atomic mass is 10.1. The molecule has 0 unspecified atom stereocenters. The Kier molecular flexibility index (Phi) is 5.30. The van der Waals surface area contributed by atoms with Gasteiger partial charge in [0.15, 0.2) is 23.2 Å². The van der Waals surface area contributed by atoms with Crippen LogP contribution in [0.4, 0.5) is 11.8 Å². The number of aliphatic hydroxyl groups excluding tert-OH is 3. The standard InChI is InChI=1S/C17H18ClN7O4/c18-9-4-2-1-3-8(9)5-22-24-17-23-11-14(19)20-7-21-15(11)25(17)16-13(28)12(27)10(6-26)29-16/h1-5,7,10,12-13,16,26-28H,6H2,(H,23,24)(H2,19,20,21)/b22-5-/t10-,12+,13-,16-/m0/s1. The number of hydrazone groups is 1. The minimum absolute atomic E-state index is 0.124. The van der Waals surface area contributed by atoms with E-state index in [-0.39, 0.29) is 22.9 Å². The molecule has 3 heterocycles. The number of anilines is 2. The summed E-state index contributed by atoms with van der Waals surface area (Å²) in [4.78, 5) is 12.4. The Balaban J connectivity index is 1.73. The molecule has 4 rings (SSSR count). The Morgan fingerprint density at radius 1 is 1.28 bits per heavy atom. The molecule has 1 aliphatic heterocycles. The van der Waals surface area contributed by atoms with Crippen molar-refractivity contribution in [2.45, 2.75) is 24.5 Å². The van der Waals surface area contributed by atoms with Crippen molar-refractivity contribution in [1.29, 1.82) is 0 Å². The lowest BCUT2D eigenvalue weighted by Gasteiger charge is -2.18. The highest BCUT2D eigenvalue weighted by molar-refractivity contribution is 6.33. The van der Waals surface area contributed by atoms with Crippen LogP contribution in [0.25, 0.3) is 11.2 Å². The van der Waals surface area contributed by atoms with Crippen LogP contribution in [-0.2, 0) is 4.74 Å². The maximum absolute atomic E-state index is 10.4.